The number of hydrogen-bond donors (Lipinski definition) is 0. The number of benzene rings is 1. The van der Waals surface area contributed by atoms with Crippen LogP contribution in [0.2, 0.25) is 0 Å². The lowest BCUT2D eigenvalue weighted by molar-refractivity contribution is 0.366. The summed E-state index contributed by atoms with van der Waals surface area (Å²) in [5.41, 5.74) is 1.64. The van der Waals surface area contributed by atoms with E-state index in [-0.39, 0.29) is 5.92 Å². The molecule has 0 radical (unpaired) electrons. The van der Waals surface area contributed by atoms with E-state index in [1.807, 2.05) is 48.9 Å². The van der Waals surface area contributed by atoms with Crippen molar-refractivity contribution in [3.05, 3.63) is 47.7 Å². The maximum absolute atomic E-state index is 8.98. The molecule has 5 heteroatoms. The Labute approximate surface area is 116 Å². The second-order valence-corrected chi connectivity index (χ2v) is 5.03. The second-order valence-electron chi connectivity index (χ2n) is 5.03. The summed E-state index contributed by atoms with van der Waals surface area (Å²) in [6.07, 6.45) is 1.96. The molecule has 0 fully saturated rings. The largest absolute Gasteiger partial charge is 0.338 e. The quantitative estimate of drug-likeness (QED) is 0.730. The summed E-state index contributed by atoms with van der Waals surface area (Å²) in [4.78, 5) is 4.37. The minimum absolute atomic E-state index is 0.249. The number of rotatable bonds is 3. The summed E-state index contributed by atoms with van der Waals surface area (Å²) in [5.74, 6) is 1.54. The average Bonchev–Trinajstić information content (AvgIpc) is 3.06. The molecule has 2 aromatic heterocycles. The van der Waals surface area contributed by atoms with Gasteiger partial charge in [-0.3, -0.25) is 0 Å². The Bertz CT molecular complexity index is 792. The maximum atomic E-state index is 8.98. The van der Waals surface area contributed by atoms with Crippen molar-refractivity contribution in [1.82, 2.24) is 14.7 Å². The zero-order valence-electron chi connectivity index (χ0n) is 11.4. The van der Waals surface area contributed by atoms with Crippen LogP contribution in [0.4, 0.5) is 0 Å². The summed E-state index contributed by atoms with van der Waals surface area (Å²) in [7, 11) is 0. The molecule has 3 aromatic rings. The van der Waals surface area contributed by atoms with E-state index < -0.39 is 0 Å². The zero-order chi connectivity index (χ0) is 14.1. The summed E-state index contributed by atoms with van der Waals surface area (Å²) >= 11 is 0. The Hall–Kier alpha value is -2.61. The van der Waals surface area contributed by atoms with Crippen molar-refractivity contribution in [3.63, 3.8) is 0 Å². The molecule has 0 saturated carbocycles. The van der Waals surface area contributed by atoms with Crippen molar-refractivity contribution >= 4 is 10.9 Å². The molecule has 0 aliphatic rings. The van der Waals surface area contributed by atoms with Crippen molar-refractivity contribution in [1.29, 1.82) is 5.26 Å². The third-order valence-electron chi connectivity index (χ3n) is 3.21. The lowest BCUT2D eigenvalue weighted by Crippen LogP contribution is -1.99. The third kappa shape index (κ3) is 2.16. The smallest absolute Gasteiger partial charge is 0.246 e. The molecule has 100 valence electrons. The SMILES string of the molecule is CC(C)c1noc(Cn2ccc3ccc(C#N)cc32)n1. The van der Waals surface area contributed by atoms with Crippen LogP contribution in [0.3, 0.4) is 0 Å². The summed E-state index contributed by atoms with van der Waals surface area (Å²) in [5, 5.41) is 14.0. The lowest BCUT2D eigenvalue weighted by atomic mass is 10.2. The second kappa shape index (κ2) is 4.82. The van der Waals surface area contributed by atoms with Crippen LogP contribution in [0.1, 0.15) is 37.0 Å². The molecule has 0 saturated heterocycles. The van der Waals surface area contributed by atoms with Gasteiger partial charge in [-0.05, 0) is 23.6 Å². The van der Waals surface area contributed by atoms with Crippen LogP contribution in [-0.4, -0.2) is 14.7 Å². The van der Waals surface area contributed by atoms with E-state index >= 15 is 0 Å². The summed E-state index contributed by atoms with van der Waals surface area (Å²) in [6, 6.07) is 9.79. The molecule has 0 aliphatic heterocycles. The highest BCUT2D eigenvalue weighted by atomic mass is 16.5. The molecule has 0 atom stereocenters. The van der Waals surface area contributed by atoms with Crippen molar-refractivity contribution < 1.29 is 4.52 Å². The van der Waals surface area contributed by atoms with Gasteiger partial charge in [0.2, 0.25) is 5.89 Å². The van der Waals surface area contributed by atoms with E-state index in [2.05, 4.69) is 16.2 Å². The summed E-state index contributed by atoms with van der Waals surface area (Å²) in [6.45, 7) is 4.57. The first kappa shape index (κ1) is 12.4. The molecular formula is C15H14N4O. The van der Waals surface area contributed by atoms with Crippen LogP contribution in [-0.2, 0) is 6.54 Å². The molecular weight excluding hydrogens is 252 g/mol. The molecule has 2 heterocycles. The fourth-order valence-corrected chi connectivity index (χ4v) is 2.10. The van der Waals surface area contributed by atoms with Crippen LogP contribution in [0.5, 0.6) is 0 Å². The first-order valence-electron chi connectivity index (χ1n) is 6.49. The fraction of sp³-hybridized carbons (Fsp3) is 0.267. The van der Waals surface area contributed by atoms with Gasteiger partial charge in [0.15, 0.2) is 5.82 Å². The molecule has 0 unspecified atom stereocenters. The molecule has 0 spiro atoms. The standard InChI is InChI=1S/C15H14N4O/c1-10(2)15-17-14(20-18-15)9-19-6-5-12-4-3-11(8-16)7-13(12)19/h3-7,10H,9H2,1-2H3. The van der Waals surface area contributed by atoms with Gasteiger partial charge in [0.1, 0.15) is 6.54 Å². The first-order valence-corrected chi connectivity index (χ1v) is 6.49. The highest BCUT2D eigenvalue weighted by Gasteiger charge is 2.11. The molecule has 1 aromatic carbocycles. The van der Waals surface area contributed by atoms with Gasteiger partial charge in [-0.1, -0.05) is 25.1 Å². The van der Waals surface area contributed by atoms with Gasteiger partial charge in [0.25, 0.3) is 0 Å². The molecule has 0 aliphatic carbocycles. The third-order valence-corrected chi connectivity index (χ3v) is 3.21. The van der Waals surface area contributed by atoms with Gasteiger partial charge in [0.05, 0.1) is 11.6 Å². The van der Waals surface area contributed by atoms with E-state index in [9.17, 15) is 0 Å². The Kier molecular flexibility index (Phi) is 2.99. The molecule has 3 rings (SSSR count). The van der Waals surface area contributed by atoms with Crippen LogP contribution in [0.15, 0.2) is 35.0 Å². The Balaban J connectivity index is 1.95. The van der Waals surface area contributed by atoms with Gasteiger partial charge in [-0.25, -0.2) is 0 Å². The molecule has 0 amide bonds. The molecule has 5 nitrogen and oxygen atoms in total. The van der Waals surface area contributed by atoms with Gasteiger partial charge >= 0.3 is 0 Å². The van der Waals surface area contributed by atoms with Crippen LogP contribution >= 0.6 is 0 Å². The van der Waals surface area contributed by atoms with E-state index in [1.54, 1.807) is 0 Å². The van der Waals surface area contributed by atoms with E-state index in [0.29, 0.717) is 23.8 Å². The number of hydrogen-bond acceptors (Lipinski definition) is 4. The predicted octanol–water partition coefficient (Wildman–Crippen LogP) is 3.07. The zero-order valence-corrected chi connectivity index (χ0v) is 11.4. The van der Waals surface area contributed by atoms with Crippen molar-refractivity contribution in [2.24, 2.45) is 0 Å². The Morgan fingerprint density at radius 2 is 2.20 bits per heavy atom. The van der Waals surface area contributed by atoms with Crippen molar-refractivity contribution in [2.45, 2.75) is 26.3 Å². The minimum Gasteiger partial charge on any atom is -0.338 e. The number of fused-ring (bicyclic) bond motifs is 1. The van der Waals surface area contributed by atoms with Crippen LogP contribution in [0, 0.1) is 11.3 Å². The monoisotopic (exact) mass is 266 g/mol. The Morgan fingerprint density at radius 3 is 2.90 bits per heavy atom. The number of aromatic nitrogens is 3. The number of nitriles is 1. The summed E-state index contributed by atoms with van der Waals surface area (Å²) < 4.78 is 7.27. The normalized spacial score (nSPS) is 11.1. The molecule has 0 N–H and O–H groups in total. The topological polar surface area (TPSA) is 67.6 Å². The maximum Gasteiger partial charge on any atom is 0.246 e. The lowest BCUT2D eigenvalue weighted by Gasteiger charge is -2.01. The average molecular weight is 266 g/mol. The fourth-order valence-electron chi connectivity index (χ4n) is 2.10. The van der Waals surface area contributed by atoms with Gasteiger partial charge < -0.3 is 9.09 Å². The van der Waals surface area contributed by atoms with Gasteiger partial charge in [-0.15, -0.1) is 0 Å². The van der Waals surface area contributed by atoms with Crippen LogP contribution in [0.25, 0.3) is 10.9 Å². The van der Waals surface area contributed by atoms with Crippen molar-refractivity contribution in [3.8, 4) is 6.07 Å². The molecule has 0 bridgehead atoms. The van der Waals surface area contributed by atoms with Gasteiger partial charge in [-0.2, -0.15) is 10.2 Å². The Morgan fingerprint density at radius 1 is 1.35 bits per heavy atom. The van der Waals surface area contributed by atoms with Crippen molar-refractivity contribution in [2.75, 3.05) is 0 Å². The van der Waals surface area contributed by atoms with E-state index in [1.165, 1.54) is 0 Å². The molecule has 20 heavy (non-hydrogen) atoms. The highest BCUT2D eigenvalue weighted by molar-refractivity contribution is 5.81. The first-order chi connectivity index (χ1) is 9.67. The van der Waals surface area contributed by atoms with E-state index in [4.69, 9.17) is 9.78 Å². The van der Waals surface area contributed by atoms with E-state index in [0.717, 1.165) is 10.9 Å². The highest BCUT2D eigenvalue weighted by Crippen LogP contribution is 2.19. The predicted molar refractivity (Wildman–Crippen MR) is 74.1 cm³/mol. The van der Waals surface area contributed by atoms with Gasteiger partial charge in [0, 0.05) is 17.6 Å². The van der Waals surface area contributed by atoms with Crippen LogP contribution < -0.4 is 0 Å². The minimum atomic E-state index is 0.249. The number of nitrogens with zero attached hydrogens (tertiary/aromatic N) is 4.